The molecule has 1 unspecified atom stereocenters. The average Bonchev–Trinajstić information content (AvgIpc) is 2.61. The minimum Gasteiger partial charge on any atom is -0.480 e. The van der Waals surface area contributed by atoms with Gasteiger partial charge in [-0.15, -0.1) is 0 Å². The Kier molecular flexibility index (Phi) is 2.70. The molecule has 0 saturated heterocycles. The summed E-state index contributed by atoms with van der Waals surface area (Å²) >= 11 is 0. The molecule has 1 aliphatic rings. The van der Waals surface area contributed by atoms with E-state index in [0.717, 1.165) is 11.1 Å². The third-order valence-corrected chi connectivity index (χ3v) is 2.76. The van der Waals surface area contributed by atoms with Gasteiger partial charge in [0.05, 0.1) is 6.61 Å². The summed E-state index contributed by atoms with van der Waals surface area (Å²) in [4.78, 5) is 12.6. The molecule has 80 valence electrons. The molecular formula is C11H13NO3. The molecule has 1 aromatic carbocycles. The molecule has 0 radical (unpaired) electrons. The standard InChI is InChI=1S/C11H13NO3/c13-7-10(11(14)15)12-5-8-3-1-2-4-9(8)6-12/h1-4,10,13H,5-7H2,(H,14,15). The Balaban J connectivity index is 2.15. The van der Waals surface area contributed by atoms with Gasteiger partial charge in [0.25, 0.3) is 0 Å². The smallest absolute Gasteiger partial charge is 0.323 e. The van der Waals surface area contributed by atoms with Crippen molar-refractivity contribution in [3.63, 3.8) is 0 Å². The number of aliphatic carboxylic acids is 1. The van der Waals surface area contributed by atoms with Crippen LogP contribution >= 0.6 is 0 Å². The maximum atomic E-state index is 10.9. The number of carbonyl (C=O) groups is 1. The van der Waals surface area contributed by atoms with Crippen LogP contribution in [0.5, 0.6) is 0 Å². The molecule has 4 nitrogen and oxygen atoms in total. The van der Waals surface area contributed by atoms with E-state index in [1.165, 1.54) is 0 Å². The van der Waals surface area contributed by atoms with E-state index in [2.05, 4.69) is 0 Å². The molecule has 15 heavy (non-hydrogen) atoms. The van der Waals surface area contributed by atoms with Crippen LogP contribution in [-0.2, 0) is 17.9 Å². The molecule has 2 N–H and O–H groups in total. The predicted molar refractivity (Wildman–Crippen MR) is 54.2 cm³/mol. The summed E-state index contributed by atoms with van der Waals surface area (Å²) < 4.78 is 0. The molecule has 0 amide bonds. The third-order valence-electron chi connectivity index (χ3n) is 2.76. The van der Waals surface area contributed by atoms with E-state index in [-0.39, 0.29) is 6.61 Å². The number of hydrogen-bond acceptors (Lipinski definition) is 3. The number of carboxylic acids is 1. The van der Waals surface area contributed by atoms with Gasteiger partial charge >= 0.3 is 5.97 Å². The van der Waals surface area contributed by atoms with Crippen LogP contribution in [0.2, 0.25) is 0 Å². The van der Waals surface area contributed by atoms with E-state index < -0.39 is 12.0 Å². The van der Waals surface area contributed by atoms with Crippen molar-refractivity contribution in [3.05, 3.63) is 35.4 Å². The van der Waals surface area contributed by atoms with Gasteiger partial charge in [-0.1, -0.05) is 24.3 Å². The maximum absolute atomic E-state index is 10.9. The van der Waals surface area contributed by atoms with Gasteiger partial charge in [-0.25, -0.2) is 0 Å². The van der Waals surface area contributed by atoms with E-state index in [1.807, 2.05) is 24.3 Å². The monoisotopic (exact) mass is 207 g/mol. The summed E-state index contributed by atoms with van der Waals surface area (Å²) in [6.07, 6.45) is 0. The number of nitrogens with zero attached hydrogens (tertiary/aromatic N) is 1. The van der Waals surface area contributed by atoms with Gasteiger partial charge in [0, 0.05) is 13.1 Å². The van der Waals surface area contributed by atoms with E-state index in [9.17, 15) is 4.79 Å². The van der Waals surface area contributed by atoms with E-state index in [0.29, 0.717) is 13.1 Å². The van der Waals surface area contributed by atoms with Gasteiger partial charge < -0.3 is 10.2 Å². The van der Waals surface area contributed by atoms with E-state index in [1.54, 1.807) is 4.90 Å². The number of rotatable bonds is 3. The molecule has 0 saturated carbocycles. The number of aliphatic hydroxyl groups is 1. The van der Waals surface area contributed by atoms with Crippen LogP contribution in [0, 0.1) is 0 Å². The summed E-state index contributed by atoms with van der Waals surface area (Å²) in [5.41, 5.74) is 2.30. The SMILES string of the molecule is O=C(O)C(CO)N1Cc2ccccc2C1. The minimum atomic E-state index is -0.967. The van der Waals surface area contributed by atoms with Crippen LogP contribution < -0.4 is 0 Å². The zero-order valence-electron chi connectivity index (χ0n) is 8.26. The lowest BCUT2D eigenvalue weighted by atomic mass is 10.1. The molecule has 1 heterocycles. The molecule has 1 atom stereocenters. The molecule has 2 rings (SSSR count). The summed E-state index contributed by atoms with van der Waals surface area (Å²) in [6.45, 7) is 0.866. The van der Waals surface area contributed by atoms with Crippen LogP contribution in [-0.4, -0.2) is 33.7 Å². The lowest BCUT2D eigenvalue weighted by Gasteiger charge is -2.21. The summed E-state index contributed by atoms with van der Waals surface area (Å²) in [5.74, 6) is -0.967. The Bertz CT molecular complexity index is 353. The van der Waals surface area contributed by atoms with Gasteiger partial charge in [0.15, 0.2) is 0 Å². The Labute approximate surface area is 87.8 Å². The topological polar surface area (TPSA) is 60.8 Å². The van der Waals surface area contributed by atoms with Crippen LogP contribution in [0.1, 0.15) is 11.1 Å². The van der Waals surface area contributed by atoms with Crippen molar-refractivity contribution in [3.8, 4) is 0 Å². The molecule has 1 aliphatic heterocycles. The Morgan fingerprint density at radius 3 is 2.27 bits per heavy atom. The number of carboxylic acid groups (broad SMARTS) is 1. The second kappa shape index (κ2) is 4.00. The highest BCUT2D eigenvalue weighted by Gasteiger charge is 2.29. The second-order valence-electron chi connectivity index (χ2n) is 3.71. The van der Waals surface area contributed by atoms with Crippen molar-refractivity contribution in [1.29, 1.82) is 0 Å². The fourth-order valence-corrected chi connectivity index (χ4v) is 1.93. The fourth-order valence-electron chi connectivity index (χ4n) is 1.93. The first-order valence-corrected chi connectivity index (χ1v) is 4.87. The fraction of sp³-hybridized carbons (Fsp3) is 0.364. The van der Waals surface area contributed by atoms with Gasteiger partial charge in [-0.2, -0.15) is 0 Å². The quantitative estimate of drug-likeness (QED) is 0.755. The zero-order chi connectivity index (χ0) is 10.8. The van der Waals surface area contributed by atoms with Crippen molar-refractivity contribution in [2.75, 3.05) is 6.61 Å². The Morgan fingerprint density at radius 2 is 1.87 bits per heavy atom. The van der Waals surface area contributed by atoms with Crippen molar-refractivity contribution in [2.24, 2.45) is 0 Å². The first-order valence-electron chi connectivity index (χ1n) is 4.87. The zero-order valence-corrected chi connectivity index (χ0v) is 8.26. The van der Waals surface area contributed by atoms with Crippen LogP contribution in [0.3, 0.4) is 0 Å². The summed E-state index contributed by atoms with van der Waals surface area (Å²) in [6, 6.07) is 7.07. The average molecular weight is 207 g/mol. The van der Waals surface area contributed by atoms with Gasteiger partial charge in [0.2, 0.25) is 0 Å². The highest BCUT2D eigenvalue weighted by molar-refractivity contribution is 5.73. The molecule has 0 bridgehead atoms. The van der Waals surface area contributed by atoms with Crippen molar-refractivity contribution in [2.45, 2.75) is 19.1 Å². The highest BCUT2D eigenvalue weighted by atomic mass is 16.4. The summed E-state index contributed by atoms with van der Waals surface area (Å²) in [5, 5.41) is 17.9. The predicted octanol–water partition coefficient (Wildman–Crippen LogP) is 0.448. The third kappa shape index (κ3) is 1.86. The van der Waals surface area contributed by atoms with Crippen LogP contribution in [0.25, 0.3) is 0 Å². The number of aliphatic hydroxyl groups excluding tert-OH is 1. The molecule has 0 fully saturated rings. The minimum absolute atomic E-state index is 0.344. The molecule has 0 spiro atoms. The largest absolute Gasteiger partial charge is 0.480 e. The van der Waals surface area contributed by atoms with E-state index >= 15 is 0 Å². The molecule has 1 aromatic rings. The van der Waals surface area contributed by atoms with Gasteiger partial charge in [-0.3, -0.25) is 9.69 Å². The Hall–Kier alpha value is -1.39. The lowest BCUT2D eigenvalue weighted by Crippen LogP contribution is -2.40. The molecule has 4 heteroatoms. The highest BCUT2D eigenvalue weighted by Crippen LogP contribution is 2.23. The molecular weight excluding hydrogens is 194 g/mol. The lowest BCUT2D eigenvalue weighted by molar-refractivity contribution is -0.145. The van der Waals surface area contributed by atoms with Crippen molar-refractivity contribution < 1.29 is 15.0 Å². The normalized spacial score (nSPS) is 17.4. The Morgan fingerprint density at radius 1 is 1.33 bits per heavy atom. The van der Waals surface area contributed by atoms with E-state index in [4.69, 9.17) is 10.2 Å². The van der Waals surface area contributed by atoms with Crippen LogP contribution in [0.4, 0.5) is 0 Å². The molecule has 0 aromatic heterocycles. The summed E-state index contributed by atoms with van der Waals surface area (Å²) in [7, 11) is 0. The first-order chi connectivity index (χ1) is 7.22. The first kappa shape index (κ1) is 10.1. The van der Waals surface area contributed by atoms with Crippen LogP contribution in [0.15, 0.2) is 24.3 Å². The number of fused-ring (bicyclic) bond motifs is 1. The second-order valence-corrected chi connectivity index (χ2v) is 3.71. The van der Waals surface area contributed by atoms with Crippen molar-refractivity contribution in [1.82, 2.24) is 4.90 Å². The maximum Gasteiger partial charge on any atom is 0.323 e. The van der Waals surface area contributed by atoms with Gasteiger partial charge in [-0.05, 0) is 11.1 Å². The number of benzene rings is 1. The van der Waals surface area contributed by atoms with Gasteiger partial charge in [0.1, 0.15) is 6.04 Å². The van der Waals surface area contributed by atoms with Crippen molar-refractivity contribution >= 4 is 5.97 Å². The molecule has 0 aliphatic carbocycles. The number of hydrogen-bond donors (Lipinski definition) is 2.